The average Bonchev–Trinajstić information content (AvgIpc) is 2.14. The van der Waals surface area contributed by atoms with Crippen LogP contribution in [0.4, 0.5) is 10.1 Å². The highest BCUT2D eigenvalue weighted by Gasteiger charge is 2.17. The highest BCUT2D eigenvalue weighted by Crippen LogP contribution is 2.15. The fraction of sp³-hybridized carbons (Fsp3) is 0.444. The van der Waals surface area contributed by atoms with E-state index in [1.807, 2.05) is 0 Å². The minimum atomic E-state index is -1.45. The first-order valence-corrected chi connectivity index (χ1v) is 4.31. The van der Waals surface area contributed by atoms with Crippen LogP contribution in [0, 0.1) is 10.1 Å². The van der Waals surface area contributed by atoms with E-state index in [1.165, 1.54) is 26.0 Å². The summed E-state index contributed by atoms with van der Waals surface area (Å²) in [5, 5.41) is 10.3. The Bertz CT molecular complexity index is 345. The number of aromatic nitrogens is 1. The van der Waals surface area contributed by atoms with Gasteiger partial charge >= 0.3 is 0 Å². The first-order chi connectivity index (χ1) is 6.88. The number of hydrogen-bond donors (Lipinski definition) is 0. The standard InChI is InChI=1S/C9H11FN2O3/c1-9(2,10)6-15-8-4-3-7(5-11-8)12(13)14/h3-5H,6H2,1-2H3. The number of rotatable bonds is 4. The quantitative estimate of drug-likeness (QED) is 0.568. The fourth-order valence-electron chi connectivity index (χ4n) is 0.811. The van der Waals surface area contributed by atoms with Crippen LogP contribution in [0.15, 0.2) is 18.3 Å². The molecular weight excluding hydrogens is 203 g/mol. The van der Waals surface area contributed by atoms with E-state index < -0.39 is 10.6 Å². The van der Waals surface area contributed by atoms with Crippen molar-refractivity contribution in [2.45, 2.75) is 19.5 Å². The molecule has 0 spiro atoms. The van der Waals surface area contributed by atoms with Crippen molar-refractivity contribution in [2.75, 3.05) is 6.61 Å². The molecule has 0 aliphatic carbocycles. The van der Waals surface area contributed by atoms with E-state index in [2.05, 4.69) is 4.98 Å². The minimum Gasteiger partial charge on any atom is -0.474 e. The molecule has 1 aromatic rings. The zero-order chi connectivity index (χ0) is 11.5. The van der Waals surface area contributed by atoms with Crippen LogP contribution in [0.2, 0.25) is 0 Å². The first-order valence-electron chi connectivity index (χ1n) is 4.31. The Balaban J connectivity index is 2.61. The monoisotopic (exact) mass is 214 g/mol. The molecule has 0 N–H and O–H groups in total. The topological polar surface area (TPSA) is 65.3 Å². The van der Waals surface area contributed by atoms with Crippen LogP contribution >= 0.6 is 0 Å². The normalized spacial score (nSPS) is 11.1. The lowest BCUT2D eigenvalue weighted by Gasteiger charge is -2.13. The molecule has 0 aromatic carbocycles. The molecule has 1 rings (SSSR count). The predicted octanol–water partition coefficient (Wildman–Crippen LogP) is 2.12. The van der Waals surface area contributed by atoms with Crippen molar-refractivity contribution < 1.29 is 14.1 Å². The smallest absolute Gasteiger partial charge is 0.287 e. The van der Waals surface area contributed by atoms with Gasteiger partial charge in [0.15, 0.2) is 0 Å². The highest BCUT2D eigenvalue weighted by atomic mass is 19.1. The van der Waals surface area contributed by atoms with Gasteiger partial charge in [0.25, 0.3) is 5.69 Å². The van der Waals surface area contributed by atoms with Crippen molar-refractivity contribution in [3.63, 3.8) is 0 Å². The van der Waals surface area contributed by atoms with Crippen LogP contribution in [-0.2, 0) is 0 Å². The summed E-state index contributed by atoms with van der Waals surface area (Å²) in [5.74, 6) is 0.173. The van der Waals surface area contributed by atoms with Gasteiger partial charge in [-0.05, 0) is 13.8 Å². The van der Waals surface area contributed by atoms with E-state index >= 15 is 0 Å². The Kier molecular flexibility index (Phi) is 3.18. The Hall–Kier alpha value is -1.72. The number of halogens is 1. The number of nitrogens with zero attached hydrogens (tertiary/aromatic N) is 2. The van der Waals surface area contributed by atoms with E-state index in [1.54, 1.807) is 0 Å². The van der Waals surface area contributed by atoms with Crippen LogP contribution in [0.1, 0.15) is 13.8 Å². The second kappa shape index (κ2) is 4.20. The molecule has 6 heteroatoms. The lowest BCUT2D eigenvalue weighted by Crippen LogP contribution is -2.22. The summed E-state index contributed by atoms with van der Waals surface area (Å²) in [6.45, 7) is 2.61. The molecule has 0 bridgehead atoms. The van der Waals surface area contributed by atoms with E-state index in [4.69, 9.17) is 4.74 Å². The summed E-state index contributed by atoms with van der Waals surface area (Å²) in [5.41, 5.74) is -1.58. The maximum absolute atomic E-state index is 13.0. The van der Waals surface area contributed by atoms with Crippen molar-refractivity contribution >= 4 is 5.69 Å². The maximum atomic E-state index is 13.0. The van der Waals surface area contributed by atoms with E-state index in [0.29, 0.717) is 0 Å². The van der Waals surface area contributed by atoms with Crippen molar-refractivity contribution in [3.05, 3.63) is 28.4 Å². The van der Waals surface area contributed by atoms with Crippen molar-refractivity contribution in [3.8, 4) is 5.88 Å². The summed E-state index contributed by atoms with van der Waals surface area (Å²) in [4.78, 5) is 13.4. The highest BCUT2D eigenvalue weighted by molar-refractivity contribution is 5.28. The summed E-state index contributed by atoms with van der Waals surface area (Å²) in [6.07, 6.45) is 1.07. The third kappa shape index (κ3) is 3.88. The molecule has 0 amide bonds. The van der Waals surface area contributed by atoms with Gasteiger partial charge in [-0.2, -0.15) is 0 Å². The molecule has 0 aliphatic rings. The van der Waals surface area contributed by atoms with E-state index in [-0.39, 0.29) is 18.2 Å². The van der Waals surface area contributed by atoms with Crippen LogP contribution in [-0.4, -0.2) is 22.2 Å². The van der Waals surface area contributed by atoms with Gasteiger partial charge in [-0.1, -0.05) is 0 Å². The molecule has 0 radical (unpaired) electrons. The van der Waals surface area contributed by atoms with Crippen LogP contribution in [0.25, 0.3) is 0 Å². The molecule has 0 unspecified atom stereocenters. The molecule has 1 aromatic heterocycles. The Morgan fingerprint density at radius 1 is 1.60 bits per heavy atom. The zero-order valence-corrected chi connectivity index (χ0v) is 8.44. The van der Waals surface area contributed by atoms with Gasteiger partial charge in [-0.25, -0.2) is 9.37 Å². The summed E-state index contributed by atoms with van der Waals surface area (Å²) in [7, 11) is 0. The number of hydrogen-bond acceptors (Lipinski definition) is 4. The van der Waals surface area contributed by atoms with Gasteiger partial charge < -0.3 is 4.74 Å². The van der Waals surface area contributed by atoms with Crippen molar-refractivity contribution in [1.82, 2.24) is 4.98 Å². The number of alkyl halides is 1. The predicted molar refractivity (Wildman–Crippen MR) is 51.6 cm³/mol. The Labute approximate surface area is 86.0 Å². The second-order valence-electron chi connectivity index (χ2n) is 3.62. The molecular formula is C9H11FN2O3. The molecule has 82 valence electrons. The van der Waals surface area contributed by atoms with Gasteiger partial charge in [-0.3, -0.25) is 10.1 Å². The molecule has 0 fully saturated rings. The Morgan fingerprint density at radius 3 is 2.67 bits per heavy atom. The maximum Gasteiger partial charge on any atom is 0.287 e. The fourth-order valence-corrected chi connectivity index (χ4v) is 0.811. The SMILES string of the molecule is CC(C)(F)COc1ccc([N+](=O)[O-])cn1. The first kappa shape index (κ1) is 11.4. The molecule has 15 heavy (non-hydrogen) atoms. The van der Waals surface area contributed by atoms with Crippen LogP contribution < -0.4 is 4.74 Å². The number of pyridine rings is 1. The van der Waals surface area contributed by atoms with Gasteiger partial charge in [0.05, 0.1) is 4.92 Å². The van der Waals surface area contributed by atoms with Crippen molar-refractivity contribution in [2.24, 2.45) is 0 Å². The molecule has 5 nitrogen and oxygen atoms in total. The summed E-state index contributed by atoms with van der Waals surface area (Å²) in [6, 6.07) is 2.59. The number of nitro groups is 1. The molecule has 0 aliphatic heterocycles. The zero-order valence-electron chi connectivity index (χ0n) is 8.44. The third-order valence-corrected chi connectivity index (χ3v) is 1.49. The number of ether oxygens (including phenoxy) is 1. The second-order valence-corrected chi connectivity index (χ2v) is 3.62. The molecule has 0 atom stereocenters. The summed E-state index contributed by atoms with van der Waals surface area (Å²) >= 11 is 0. The van der Waals surface area contributed by atoms with Gasteiger partial charge in [0, 0.05) is 12.1 Å². The lowest BCUT2D eigenvalue weighted by molar-refractivity contribution is -0.385. The molecule has 1 heterocycles. The van der Waals surface area contributed by atoms with Crippen LogP contribution in [0.5, 0.6) is 5.88 Å². The van der Waals surface area contributed by atoms with Crippen molar-refractivity contribution in [1.29, 1.82) is 0 Å². The van der Waals surface area contributed by atoms with Crippen LogP contribution in [0.3, 0.4) is 0 Å². The molecule has 0 saturated heterocycles. The van der Waals surface area contributed by atoms with Gasteiger partial charge in [0.2, 0.25) is 5.88 Å². The van der Waals surface area contributed by atoms with Gasteiger partial charge in [0.1, 0.15) is 18.5 Å². The largest absolute Gasteiger partial charge is 0.474 e. The lowest BCUT2D eigenvalue weighted by atomic mass is 10.2. The minimum absolute atomic E-state index is 0.123. The van der Waals surface area contributed by atoms with Gasteiger partial charge in [-0.15, -0.1) is 0 Å². The molecule has 0 saturated carbocycles. The summed E-state index contributed by atoms with van der Waals surface area (Å²) < 4.78 is 18.0. The van der Waals surface area contributed by atoms with E-state index in [0.717, 1.165) is 6.20 Å². The third-order valence-electron chi connectivity index (χ3n) is 1.49. The average molecular weight is 214 g/mol. The van der Waals surface area contributed by atoms with E-state index in [9.17, 15) is 14.5 Å². The Morgan fingerprint density at radius 2 is 2.27 bits per heavy atom.